The summed E-state index contributed by atoms with van der Waals surface area (Å²) in [5.74, 6) is 1.95. The molecule has 0 radical (unpaired) electrons. The second kappa shape index (κ2) is 6.95. The van der Waals surface area contributed by atoms with Gasteiger partial charge in [-0.3, -0.25) is 0 Å². The van der Waals surface area contributed by atoms with Crippen molar-refractivity contribution in [1.82, 2.24) is 0 Å². The molecule has 2 aromatic carbocycles. The van der Waals surface area contributed by atoms with Crippen molar-refractivity contribution in [3.05, 3.63) is 56.5 Å². The van der Waals surface area contributed by atoms with Crippen molar-refractivity contribution in [3.8, 4) is 11.5 Å². The highest BCUT2D eigenvalue weighted by Gasteiger charge is 2.12. The lowest BCUT2D eigenvalue weighted by molar-refractivity contribution is 0.199. The molecule has 0 spiro atoms. The van der Waals surface area contributed by atoms with Gasteiger partial charge in [0.05, 0.1) is 10.6 Å². The molecule has 1 unspecified atom stereocenters. The van der Waals surface area contributed by atoms with E-state index >= 15 is 0 Å². The van der Waals surface area contributed by atoms with Crippen molar-refractivity contribution in [3.63, 3.8) is 0 Å². The van der Waals surface area contributed by atoms with Gasteiger partial charge in [0.2, 0.25) is 0 Å². The highest BCUT2D eigenvalue weighted by Crippen LogP contribution is 2.36. The lowest BCUT2D eigenvalue weighted by atomic mass is 10.0. The Morgan fingerprint density at radius 1 is 0.952 bits per heavy atom. The maximum Gasteiger partial charge on any atom is 0.141 e. The third kappa shape index (κ3) is 4.09. The summed E-state index contributed by atoms with van der Waals surface area (Å²) < 4.78 is 7.92. The first-order chi connectivity index (χ1) is 9.88. The van der Waals surface area contributed by atoms with Crippen LogP contribution in [0.25, 0.3) is 0 Å². The first-order valence-corrected chi connectivity index (χ1v) is 8.42. The molecule has 0 bridgehead atoms. The van der Waals surface area contributed by atoms with E-state index in [0.717, 1.165) is 31.6 Å². The van der Waals surface area contributed by atoms with Gasteiger partial charge in [-0.1, -0.05) is 35.8 Å². The van der Waals surface area contributed by atoms with Gasteiger partial charge in [-0.25, -0.2) is 0 Å². The molecule has 0 aliphatic rings. The quantitative estimate of drug-likeness (QED) is 0.648. The molecule has 0 amide bonds. The van der Waals surface area contributed by atoms with Crippen LogP contribution in [0.2, 0.25) is 0 Å². The maximum atomic E-state index is 9.61. The average molecular weight is 414 g/mol. The summed E-state index contributed by atoms with van der Waals surface area (Å²) in [6.07, 6.45) is -0.491. The fraction of sp³-hybridized carbons (Fsp3) is 0.294. The summed E-state index contributed by atoms with van der Waals surface area (Å²) in [7, 11) is 0. The number of rotatable bonds is 4. The summed E-state index contributed by atoms with van der Waals surface area (Å²) in [4.78, 5) is 0. The molecule has 2 nitrogen and oxygen atoms in total. The molecule has 2 aromatic rings. The molecule has 112 valence electrons. The van der Waals surface area contributed by atoms with Crippen molar-refractivity contribution >= 4 is 31.9 Å². The van der Waals surface area contributed by atoms with E-state index in [1.54, 1.807) is 6.92 Å². The van der Waals surface area contributed by atoms with Crippen molar-refractivity contribution in [2.45, 2.75) is 32.8 Å². The summed E-state index contributed by atoms with van der Waals surface area (Å²) >= 11 is 7.00. The summed E-state index contributed by atoms with van der Waals surface area (Å²) in [6.45, 7) is 6.02. The first kappa shape index (κ1) is 16.5. The zero-order chi connectivity index (χ0) is 15.6. The molecule has 0 aromatic heterocycles. The van der Waals surface area contributed by atoms with Crippen LogP contribution in [0.15, 0.2) is 45.3 Å². The van der Waals surface area contributed by atoms with Crippen molar-refractivity contribution in [2.24, 2.45) is 0 Å². The van der Waals surface area contributed by atoms with Crippen LogP contribution in [0.3, 0.4) is 0 Å². The summed E-state index contributed by atoms with van der Waals surface area (Å²) in [5.41, 5.74) is 2.00. The largest absolute Gasteiger partial charge is 0.456 e. The van der Waals surface area contributed by atoms with E-state index in [-0.39, 0.29) is 0 Å². The van der Waals surface area contributed by atoms with Crippen LogP contribution >= 0.6 is 31.9 Å². The second-order valence-electron chi connectivity index (χ2n) is 5.30. The molecule has 0 saturated heterocycles. The Labute approximate surface area is 142 Å². The molecule has 0 fully saturated rings. The Balaban J connectivity index is 2.34. The molecule has 0 aliphatic heterocycles. The SMILES string of the molecule is CC(C)c1cc(Br)ccc1Oc1ccc(C(C)O)cc1Br. The topological polar surface area (TPSA) is 29.5 Å². The Hall–Kier alpha value is -0.840. The minimum absolute atomic E-state index is 0.369. The van der Waals surface area contributed by atoms with E-state index in [2.05, 4.69) is 51.8 Å². The smallest absolute Gasteiger partial charge is 0.141 e. The summed E-state index contributed by atoms with van der Waals surface area (Å²) in [6, 6.07) is 11.6. The van der Waals surface area contributed by atoms with Gasteiger partial charge in [0.15, 0.2) is 0 Å². The van der Waals surface area contributed by atoms with Crippen LogP contribution in [0.5, 0.6) is 11.5 Å². The Morgan fingerprint density at radius 2 is 1.62 bits per heavy atom. The number of aliphatic hydroxyl groups excluding tert-OH is 1. The zero-order valence-corrected chi connectivity index (χ0v) is 15.4. The van der Waals surface area contributed by atoms with E-state index in [9.17, 15) is 5.11 Å². The highest BCUT2D eigenvalue weighted by molar-refractivity contribution is 9.10. The maximum absolute atomic E-state index is 9.61. The number of benzene rings is 2. The number of ether oxygens (including phenoxy) is 1. The minimum Gasteiger partial charge on any atom is -0.456 e. The van der Waals surface area contributed by atoms with Crippen LogP contribution in [0.4, 0.5) is 0 Å². The van der Waals surface area contributed by atoms with Crippen LogP contribution < -0.4 is 4.74 Å². The summed E-state index contributed by atoms with van der Waals surface area (Å²) in [5, 5.41) is 9.61. The molecule has 4 heteroatoms. The van der Waals surface area contributed by atoms with E-state index in [0.29, 0.717) is 5.92 Å². The van der Waals surface area contributed by atoms with Crippen molar-refractivity contribution < 1.29 is 9.84 Å². The molecular formula is C17H18Br2O2. The fourth-order valence-electron chi connectivity index (χ4n) is 2.04. The molecular weight excluding hydrogens is 396 g/mol. The zero-order valence-electron chi connectivity index (χ0n) is 12.2. The molecule has 1 atom stereocenters. The van der Waals surface area contributed by atoms with Gasteiger partial charge >= 0.3 is 0 Å². The predicted molar refractivity (Wildman–Crippen MR) is 93.1 cm³/mol. The van der Waals surface area contributed by atoms with Gasteiger partial charge in [-0.05, 0) is 70.2 Å². The number of hydrogen-bond donors (Lipinski definition) is 1. The van der Waals surface area contributed by atoms with E-state index in [1.165, 1.54) is 0 Å². The van der Waals surface area contributed by atoms with Gasteiger partial charge in [0.1, 0.15) is 11.5 Å². The predicted octanol–water partition coefficient (Wildman–Crippen LogP) is 6.18. The molecule has 0 aliphatic carbocycles. The Bertz CT molecular complexity index is 637. The van der Waals surface area contributed by atoms with Crippen LogP contribution in [-0.2, 0) is 0 Å². The normalized spacial score (nSPS) is 12.5. The van der Waals surface area contributed by atoms with Gasteiger partial charge < -0.3 is 9.84 Å². The third-order valence-electron chi connectivity index (χ3n) is 3.25. The highest BCUT2D eigenvalue weighted by atomic mass is 79.9. The molecule has 21 heavy (non-hydrogen) atoms. The Morgan fingerprint density at radius 3 is 2.19 bits per heavy atom. The number of aliphatic hydroxyl groups is 1. The second-order valence-corrected chi connectivity index (χ2v) is 7.07. The first-order valence-electron chi connectivity index (χ1n) is 6.83. The van der Waals surface area contributed by atoms with E-state index in [1.807, 2.05) is 30.3 Å². The monoisotopic (exact) mass is 412 g/mol. The lowest BCUT2D eigenvalue weighted by Crippen LogP contribution is -1.96. The van der Waals surface area contributed by atoms with Gasteiger partial charge in [-0.15, -0.1) is 0 Å². The standard InChI is InChI=1S/C17H18Br2O2/c1-10(2)14-9-13(18)5-7-16(14)21-17-6-4-12(11(3)20)8-15(17)19/h4-11,20H,1-3H3. The van der Waals surface area contributed by atoms with Gasteiger partial charge in [0.25, 0.3) is 0 Å². The molecule has 0 saturated carbocycles. The number of halogens is 2. The molecule has 2 rings (SSSR count). The van der Waals surface area contributed by atoms with E-state index < -0.39 is 6.10 Å². The van der Waals surface area contributed by atoms with Crippen LogP contribution in [-0.4, -0.2) is 5.11 Å². The molecule has 1 N–H and O–H groups in total. The van der Waals surface area contributed by atoms with E-state index in [4.69, 9.17) is 4.74 Å². The Kier molecular flexibility index (Phi) is 5.47. The fourth-order valence-corrected chi connectivity index (χ4v) is 2.90. The van der Waals surface area contributed by atoms with Crippen molar-refractivity contribution in [1.29, 1.82) is 0 Å². The lowest BCUT2D eigenvalue weighted by Gasteiger charge is -2.16. The van der Waals surface area contributed by atoms with Crippen LogP contribution in [0, 0.1) is 0 Å². The van der Waals surface area contributed by atoms with Crippen LogP contribution in [0.1, 0.15) is 43.9 Å². The number of hydrogen-bond acceptors (Lipinski definition) is 2. The third-order valence-corrected chi connectivity index (χ3v) is 4.37. The molecule has 0 heterocycles. The minimum atomic E-state index is -0.491. The van der Waals surface area contributed by atoms with Gasteiger partial charge in [-0.2, -0.15) is 0 Å². The van der Waals surface area contributed by atoms with Crippen molar-refractivity contribution in [2.75, 3.05) is 0 Å². The van der Waals surface area contributed by atoms with Gasteiger partial charge in [0, 0.05) is 4.47 Å². The average Bonchev–Trinajstić information content (AvgIpc) is 2.42.